The minimum atomic E-state index is -0.521. The highest BCUT2D eigenvalue weighted by molar-refractivity contribution is 5.93. The Bertz CT molecular complexity index is 836. The molecular formula is C20H17NO4. The number of carbonyl (C=O) groups is 1. The van der Waals surface area contributed by atoms with Gasteiger partial charge in [-0.15, -0.1) is 0 Å². The lowest BCUT2D eigenvalue weighted by atomic mass is 10.1. The zero-order valence-electron chi connectivity index (χ0n) is 13.7. The molecule has 5 nitrogen and oxygen atoms in total. The minimum Gasteiger partial charge on any atom is -0.465 e. The molecule has 0 aliphatic rings. The largest absolute Gasteiger partial charge is 0.465 e. The number of ether oxygens (including phenoxy) is 1. The number of esters is 1. The highest BCUT2D eigenvalue weighted by Crippen LogP contribution is 2.20. The number of rotatable bonds is 6. The van der Waals surface area contributed by atoms with Crippen molar-refractivity contribution in [2.24, 2.45) is 0 Å². The summed E-state index contributed by atoms with van der Waals surface area (Å²) >= 11 is 0. The van der Waals surface area contributed by atoms with Gasteiger partial charge in [0, 0.05) is 6.07 Å². The molecule has 126 valence electrons. The first-order chi connectivity index (χ1) is 12.1. The fourth-order valence-electron chi connectivity index (χ4n) is 2.11. The second-order valence-electron chi connectivity index (χ2n) is 5.03. The summed E-state index contributed by atoms with van der Waals surface area (Å²) in [6.45, 7) is 0. The average molecular weight is 335 g/mol. The number of nitrogens with zero attached hydrogens (tertiary/aromatic N) is 1. The van der Waals surface area contributed by atoms with Gasteiger partial charge in [0.05, 0.1) is 23.2 Å². The van der Waals surface area contributed by atoms with Gasteiger partial charge in [-0.2, -0.15) is 0 Å². The summed E-state index contributed by atoms with van der Waals surface area (Å²) in [5.74, 6) is -0.521. The van der Waals surface area contributed by atoms with Crippen LogP contribution < -0.4 is 0 Å². The number of carbonyl (C=O) groups excluding carboxylic acids is 1. The van der Waals surface area contributed by atoms with E-state index in [-0.39, 0.29) is 11.3 Å². The van der Waals surface area contributed by atoms with Crippen LogP contribution in [0.15, 0.2) is 78.4 Å². The summed E-state index contributed by atoms with van der Waals surface area (Å²) in [6, 6.07) is 15.9. The van der Waals surface area contributed by atoms with Crippen LogP contribution in [0.3, 0.4) is 0 Å². The molecule has 0 aliphatic carbocycles. The molecule has 0 amide bonds. The number of nitro groups is 1. The Morgan fingerprint density at radius 2 is 1.72 bits per heavy atom. The predicted molar refractivity (Wildman–Crippen MR) is 97.7 cm³/mol. The Morgan fingerprint density at radius 1 is 1.04 bits per heavy atom. The van der Waals surface area contributed by atoms with Crippen LogP contribution in [0.4, 0.5) is 5.69 Å². The molecule has 0 spiro atoms. The number of para-hydroxylation sites is 1. The van der Waals surface area contributed by atoms with Crippen molar-refractivity contribution in [2.75, 3.05) is 7.11 Å². The van der Waals surface area contributed by atoms with E-state index in [1.54, 1.807) is 30.4 Å². The maximum Gasteiger partial charge on any atom is 0.337 e. The molecule has 0 aliphatic heterocycles. The van der Waals surface area contributed by atoms with Crippen molar-refractivity contribution in [3.8, 4) is 0 Å². The van der Waals surface area contributed by atoms with E-state index in [1.807, 2.05) is 36.4 Å². The third-order valence-electron chi connectivity index (χ3n) is 3.36. The van der Waals surface area contributed by atoms with E-state index < -0.39 is 10.9 Å². The third kappa shape index (κ3) is 5.28. The zero-order chi connectivity index (χ0) is 18.1. The normalized spacial score (nSPS) is 11.8. The van der Waals surface area contributed by atoms with Crippen molar-refractivity contribution < 1.29 is 14.5 Å². The Labute approximate surface area is 145 Å². The summed E-state index contributed by atoms with van der Waals surface area (Å²) < 4.78 is 4.76. The number of benzene rings is 2. The monoisotopic (exact) mass is 335 g/mol. The van der Waals surface area contributed by atoms with E-state index in [0.29, 0.717) is 5.56 Å². The van der Waals surface area contributed by atoms with Gasteiger partial charge in [0.2, 0.25) is 0 Å². The lowest BCUT2D eigenvalue weighted by molar-refractivity contribution is -0.385. The first kappa shape index (κ1) is 17.9. The predicted octanol–water partition coefficient (Wildman–Crippen LogP) is 4.42. The van der Waals surface area contributed by atoms with Gasteiger partial charge in [0.25, 0.3) is 5.69 Å². The summed E-state index contributed by atoms with van der Waals surface area (Å²) in [7, 11) is 1.29. The second-order valence-corrected chi connectivity index (χ2v) is 5.03. The molecule has 0 heterocycles. The van der Waals surface area contributed by atoms with Gasteiger partial charge in [-0.05, 0) is 29.9 Å². The van der Waals surface area contributed by atoms with E-state index in [2.05, 4.69) is 0 Å². The van der Waals surface area contributed by atoms with Gasteiger partial charge >= 0.3 is 5.97 Å². The summed E-state index contributed by atoms with van der Waals surface area (Å²) in [5, 5.41) is 11.0. The molecule has 0 aromatic heterocycles. The molecule has 0 saturated carbocycles. The van der Waals surface area contributed by atoms with Crippen molar-refractivity contribution in [3.05, 3.63) is 99.6 Å². The fourth-order valence-corrected chi connectivity index (χ4v) is 2.11. The van der Waals surface area contributed by atoms with Crippen molar-refractivity contribution in [3.63, 3.8) is 0 Å². The van der Waals surface area contributed by atoms with Crippen LogP contribution in [0.25, 0.3) is 12.2 Å². The molecule has 25 heavy (non-hydrogen) atoms. The first-order valence-corrected chi connectivity index (χ1v) is 7.55. The van der Waals surface area contributed by atoms with E-state index >= 15 is 0 Å². The minimum absolute atomic E-state index is 0.0252. The molecule has 2 rings (SSSR count). The van der Waals surface area contributed by atoms with Gasteiger partial charge in [-0.1, -0.05) is 54.6 Å². The van der Waals surface area contributed by atoms with Crippen LogP contribution in [0.2, 0.25) is 0 Å². The summed E-state index contributed by atoms with van der Waals surface area (Å²) in [6.07, 6.45) is 8.21. The fraction of sp³-hybridized carbons (Fsp3) is 0.0500. The standard InChI is InChI=1S/C20H17NO4/c1-25-20(22)18(12-7-10-16-8-3-2-4-9-16)15-14-17-11-5-6-13-19(17)21(23)24/h2-15H,1H3/b10-7+,15-14+,18-12+. The number of hydrogen-bond acceptors (Lipinski definition) is 4. The quantitative estimate of drug-likeness (QED) is 0.258. The van der Waals surface area contributed by atoms with Crippen molar-refractivity contribution in [1.29, 1.82) is 0 Å². The number of hydrogen-bond donors (Lipinski definition) is 0. The van der Waals surface area contributed by atoms with E-state index in [0.717, 1.165) is 5.56 Å². The van der Waals surface area contributed by atoms with Gasteiger partial charge in [0.15, 0.2) is 0 Å². The molecule has 5 heteroatoms. The molecule has 0 saturated heterocycles. The topological polar surface area (TPSA) is 69.4 Å². The lowest BCUT2D eigenvalue weighted by Gasteiger charge is -2.00. The first-order valence-electron chi connectivity index (χ1n) is 7.55. The Kier molecular flexibility index (Phi) is 6.42. The molecule has 0 N–H and O–H groups in total. The zero-order valence-corrected chi connectivity index (χ0v) is 13.7. The Morgan fingerprint density at radius 3 is 2.40 bits per heavy atom. The molecule has 0 atom stereocenters. The highest BCUT2D eigenvalue weighted by atomic mass is 16.6. The third-order valence-corrected chi connectivity index (χ3v) is 3.36. The maximum atomic E-state index is 11.9. The smallest absolute Gasteiger partial charge is 0.337 e. The number of methoxy groups -OCH3 is 1. The average Bonchev–Trinajstić information content (AvgIpc) is 2.64. The Hall–Kier alpha value is -3.47. The van der Waals surface area contributed by atoms with Crippen LogP contribution in [0.5, 0.6) is 0 Å². The maximum absolute atomic E-state index is 11.9. The second kappa shape index (κ2) is 8.98. The molecule has 0 fully saturated rings. The van der Waals surface area contributed by atoms with Crippen LogP contribution in [-0.2, 0) is 9.53 Å². The van der Waals surface area contributed by atoms with Crippen LogP contribution >= 0.6 is 0 Å². The Balaban J connectivity index is 2.27. The van der Waals surface area contributed by atoms with Crippen LogP contribution in [0.1, 0.15) is 11.1 Å². The molecule has 2 aromatic rings. The van der Waals surface area contributed by atoms with Gasteiger partial charge in [0.1, 0.15) is 0 Å². The summed E-state index contributed by atoms with van der Waals surface area (Å²) in [5.41, 5.74) is 1.66. The van der Waals surface area contributed by atoms with Crippen LogP contribution in [-0.4, -0.2) is 18.0 Å². The molecular weight excluding hydrogens is 318 g/mol. The van der Waals surface area contributed by atoms with Gasteiger partial charge in [-0.3, -0.25) is 10.1 Å². The number of nitro benzene ring substituents is 1. The van der Waals surface area contributed by atoms with E-state index in [1.165, 1.54) is 25.3 Å². The lowest BCUT2D eigenvalue weighted by Crippen LogP contribution is -2.02. The number of allylic oxidation sites excluding steroid dienone is 2. The summed E-state index contributed by atoms with van der Waals surface area (Å²) in [4.78, 5) is 22.5. The van der Waals surface area contributed by atoms with Gasteiger partial charge in [-0.25, -0.2) is 4.79 Å². The van der Waals surface area contributed by atoms with Crippen LogP contribution in [0, 0.1) is 10.1 Å². The highest BCUT2D eigenvalue weighted by Gasteiger charge is 2.10. The molecule has 0 bridgehead atoms. The molecule has 2 aromatic carbocycles. The molecule has 0 unspecified atom stereocenters. The SMILES string of the molecule is COC(=O)C(/C=C/c1ccccc1[N+](=O)[O-])=C/C=C/c1ccccc1. The van der Waals surface area contributed by atoms with Crippen molar-refractivity contribution >= 4 is 23.8 Å². The van der Waals surface area contributed by atoms with Gasteiger partial charge < -0.3 is 4.74 Å². The van der Waals surface area contributed by atoms with Crippen molar-refractivity contribution in [1.82, 2.24) is 0 Å². The van der Waals surface area contributed by atoms with E-state index in [9.17, 15) is 14.9 Å². The van der Waals surface area contributed by atoms with E-state index in [4.69, 9.17) is 4.74 Å². The van der Waals surface area contributed by atoms with Crippen molar-refractivity contribution in [2.45, 2.75) is 0 Å². The molecule has 0 radical (unpaired) electrons.